The summed E-state index contributed by atoms with van der Waals surface area (Å²) in [5.74, 6) is 0.450. The van der Waals surface area contributed by atoms with Crippen molar-refractivity contribution in [2.75, 3.05) is 48.7 Å². The number of para-hydroxylation sites is 1. The molecule has 1 amide bonds. The number of piperazine rings is 1. The fraction of sp³-hybridized carbons (Fsp3) is 0.348. The number of aryl methyl sites for hydroxylation is 1. The first-order valence-corrected chi connectivity index (χ1v) is 12.0. The molecule has 0 unspecified atom stereocenters. The highest BCUT2D eigenvalue weighted by atomic mass is 35.5. The van der Waals surface area contributed by atoms with Gasteiger partial charge in [-0.1, -0.05) is 54.0 Å². The highest BCUT2D eigenvalue weighted by Gasteiger charge is 2.21. The minimum Gasteiger partial charge on any atom is -0.411 e. The normalized spacial score (nSPS) is 14.5. The summed E-state index contributed by atoms with van der Waals surface area (Å²) >= 11 is 7.73. The van der Waals surface area contributed by atoms with Gasteiger partial charge in [-0.2, -0.15) is 0 Å². The van der Waals surface area contributed by atoms with Crippen molar-refractivity contribution in [3.05, 3.63) is 53.1 Å². The maximum atomic E-state index is 12.7. The van der Waals surface area contributed by atoms with E-state index in [1.54, 1.807) is 0 Å². The van der Waals surface area contributed by atoms with Crippen LogP contribution in [0.1, 0.15) is 12.5 Å². The van der Waals surface area contributed by atoms with Gasteiger partial charge >= 0.3 is 0 Å². The third-order valence-corrected chi connectivity index (χ3v) is 6.52. The van der Waals surface area contributed by atoms with Gasteiger partial charge in [-0.25, -0.2) is 0 Å². The lowest BCUT2D eigenvalue weighted by atomic mass is 10.1. The first-order chi connectivity index (χ1) is 15.5. The molecule has 0 saturated carbocycles. The van der Waals surface area contributed by atoms with E-state index in [9.17, 15) is 4.79 Å². The number of amides is 1. The van der Waals surface area contributed by atoms with Crippen LogP contribution in [0.15, 0.2) is 52.1 Å². The van der Waals surface area contributed by atoms with Crippen LogP contribution in [0.5, 0.6) is 0 Å². The molecular formula is C23H26ClN5O2S. The van der Waals surface area contributed by atoms with E-state index in [-0.39, 0.29) is 11.7 Å². The van der Waals surface area contributed by atoms with Crippen molar-refractivity contribution in [3.63, 3.8) is 0 Å². The molecule has 0 aliphatic carbocycles. The zero-order valence-corrected chi connectivity index (χ0v) is 19.7. The van der Waals surface area contributed by atoms with Crippen LogP contribution in [0, 0.1) is 6.92 Å². The molecule has 32 heavy (non-hydrogen) atoms. The Balaban J connectivity index is 1.38. The Morgan fingerprint density at radius 1 is 1.16 bits per heavy atom. The first kappa shape index (κ1) is 22.6. The Bertz CT molecular complexity index is 1080. The summed E-state index contributed by atoms with van der Waals surface area (Å²) in [5.41, 5.74) is 3.57. The number of likely N-dealkylation sites (N-methyl/N-ethyl adjacent to an activating group) is 1. The molecular weight excluding hydrogens is 446 g/mol. The minimum absolute atomic E-state index is 0.152. The van der Waals surface area contributed by atoms with Crippen LogP contribution in [0.2, 0.25) is 5.02 Å². The van der Waals surface area contributed by atoms with Gasteiger partial charge in [0.1, 0.15) is 0 Å². The van der Waals surface area contributed by atoms with Crippen molar-refractivity contribution in [1.82, 2.24) is 15.1 Å². The Morgan fingerprint density at radius 3 is 2.69 bits per heavy atom. The van der Waals surface area contributed by atoms with Gasteiger partial charge in [0.15, 0.2) is 0 Å². The predicted molar refractivity (Wildman–Crippen MR) is 130 cm³/mol. The van der Waals surface area contributed by atoms with Gasteiger partial charge in [0.05, 0.1) is 22.2 Å². The van der Waals surface area contributed by atoms with Gasteiger partial charge in [-0.15, -0.1) is 10.2 Å². The third kappa shape index (κ3) is 5.43. The van der Waals surface area contributed by atoms with E-state index < -0.39 is 0 Å². The topological polar surface area (TPSA) is 74.5 Å². The molecule has 0 spiro atoms. The lowest BCUT2D eigenvalue weighted by Crippen LogP contribution is -2.46. The monoisotopic (exact) mass is 471 g/mol. The number of nitrogens with zero attached hydrogens (tertiary/aromatic N) is 4. The summed E-state index contributed by atoms with van der Waals surface area (Å²) in [6.07, 6.45) is 0. The van der Waals surface area contributed by atoms with Gasteiger partial charge in [0.2, 0.25) is 11.8 Å². The van der Waals surface area contributed by atoms with Crippen LogP contribution in [-0.4, -0.2) is 59.5 Å². The molecule has 0 radical (unpaired) electrons. The largest absolute Gasteiger partial charge is 0.411 e. The van der Waals surface area contributed by atoms with Crippen molar-refractivity contribution in [2.24, 2.45) is 0 Å². The van der Waals surface area contributed by atoms with Gasteiger partial charge in [0, 0.05) is 31.7 Å². The number of carbonyl (C=O) groups is 1. The maximum Gasteiger partial charge on any atom is 0.277 e. The number of benzene rings is 2. The van der Waals surface area contributed by atoms with Crippen molar-refractivity contribution in [2.45, 2.75) is 19.1 Å². The summed E-state index contributed by atoms with van der Waals surface area (Å²) in [5, 5.41) is 12.1. The van der Waals surface area contributed by atoms with E-state index in [0.717, 1.165) is 55.2 Å². The number of carbonyl (C=O) groups excluding carboxylic acids is 1. The van der Waals surface area contributed by atoms with E-state index in [0.29, 0.717) is 16.1 Å². The second kappa shape index (κ2) is 10.4. The fourth-order valence-electron chi connectivity index (χ4n) is 3.70. The molecule has 1 saturated heterocycles. The molecule has 2 heterocycles. The maximum absolute atomic E-state index is 12.7. The summed E-state index contributed by atoms with van der Waals surface area (Å²) in [6.45, 7) is 8.92. The standard InChI is InChI=1S/C23H26ClN5O2S/c1-3-28-10-12-29(13-11-28)21-18(24)8-5-9-19(21)25-20(30)15-32-23-27-26-22(31-23)17-7-4-6-16(2)14-17/h4-9,14H,3,10-13,15H2,1-2H3,(H,25,30). The number of rotatable bonds is 7. The second-order valence-electron chi connectivity index (χ2n) is 7.64. The van der Waals surface area contributed by atoms with Crippen molar-refractivity contribution >= 4 is 40.6 Å². The summed E-state index contributed by atoms with van der Waals surface area (Å²) < 4.78 is 5.71. The first-order valence-electron chi connectivity index (χ1n) is 10.6. The Morgan fingerprint density at radius 2 is 1.94 bits per heavy atom. The molecule has 1 fully saturated rings. The molecule has 1 N–H and O–H groups in total. The lowest BCUT2D eigenvalue weighted by Gasteiger charge is -2.36. The quantitative estimate of drug-likeness (QED) is 0.506. The van der Waals surface area contributed by atoms with Gasteiger partial charge < -0.3 is 19.5 Å². The van der Waals surface area contributed by atoms with Gasteiger partial charge in [-0.3, -0.25) is 4.79 Å². The van der Waals surface area contributed by atoms with Crippen molar-refractivity contribution in [3.8, 4) is 11.5 Å². The number of thioether (sulfide) groups is 1. The lowest BCUT2D eigenvalue weighted by molar-refractivity contribution is -0.113. The van der Waals surface area contributed by atoms with Crippen molar-refractivity contribution < 1.29 is 9.21 Å². The number of aromatic nitrogens is 2. The van der Waals surface area contributed by atoms with Crippen LogP contribution in [0.4, 0.5) is 11.4 Å². The Labute approximate surface area is 197 Å². The van der Waals surface area contributed by atoms with Gasteiger partial charge in [0.25, 0.3) is 5.22 Å². The molecule has 9 heteroatoms. The molecule has 7 nitrogen and oxygen atoms in total. The van der Waals surface area contributed by atoms with Crippen LogP contribution < -0.4 is 10.2 Å². The van der Waals surface area contributed by atoms with E-state index in [1.807, 2.05) is 49.4 Å². The fourth-order valence-corrected chi connectivity index (χ4v) is 4.56. The second-order valence-corrected chi connectivity index (χ2v) is 8.97. The van der Waals surface area contributed by atoms with Gasteiger partial charge in [-0.05, 0) is 37.7 Å². The zero-order valence-electron chi connectivity index (χ0n) is 18.2. The molecule has 168 valence electrons. The Kier molecular flexibility index (Phi) is 7.34. The minimum atomic E-state index is -0.152. The zero-order chi connectivity index (χ0) is 22.5. The number of halogens is 1. The highest BCUT2D eigenvalue weighted by molar-refractivity contribution is 7.99. The van der Waals surface area contributed by atoms with E-state index >= 15 is 0 Å². The predicted octanol–water partition coefficient (Wildman–Crippen LogP) is 4.57. The molecule has 1 aromatic heterocycles. The molecule has 1 aliphatic heterocycles. The average Bonchev–Trinajstić information content (AvgIpc) is 3.27. The Hall–Kier alpha value is -2.55. The molecule has 0 atom stereocenters. The average molecular weight is 472 g/mol. The number of anilines is 2. The molecule has 4 rings (SSSR count). The smallest absolute Gasteiger partial charge is 0.277 e. The van der Waals surface area contributed by atoms with Crippen LogP contribution in [0.3, 0.4) is 0 Å². The van der Waals surface area contributed by atoms with E-state index in [4.69, 9.17) is 16.0 Å². The van der Waals surface area contributed by atoms with Crippen LogP contribution >= 0.6 is 23.4 Å². The summed E-state index contributed by atoms with van der Waals surface area (Å²) in [7, 11) is 0. The van der Waals surface area contributed by atoms with Crippen molar-refractivity contribution in [1.29, 1.82) is 0 Å². The van der Waals surface area contributed by atoms with Crippen LogP contribution in [-0.2, 0) is 4.79 Å². The third-order valence-electron chi connectivity index (χ3n) is 5.39. The number of hydrogen-bond donors (Lipinski definition) is 1. The SMILES string of the molecule is CCN1CCN(c2c(Cl)cccc2NC(=O)CSc2nnc(-c3cccc(C)c3)o2)CC1. The highest BCUT2D eigenvalue weighted by Crippen LogP contribution is 2.35. The molecule has 1 aliphatic rings. The van der Waals surface area contributed by atoms with Crippen LogP contribution in [0.25, 0.3) is 11.5 Å². The molecule has 3 aromatic rings. The number of hydrogen-bond acceptors (Lipinski definition) is 7. The van der Waals surface area contributed by atoms with E-state index in [2.05, 4.69) is 32.2 Å². The van der Waals surface area contributed by atoms with E-state index in [1.165, 1.54) is 11.8 Å². The summed E-state index contributed by atoms with van der Waals surface area (Å²) in [6, 6.07) is 13.5. The molecule has 2 aromatic carbocycles. The number of nitrogens with one attached hydrogen (secondary N) is 1. The molecule has 0 bridgehead atoms. The summed E-state index contributed by atoms with van der Waals surface area (Å²) in [4.78, 5) is 17.3.